The molecule has 2 atom stereocenters. The summed E-state index contributed by atoms with van der Waals surface area (Å²) >= 11 is 0. The van der Waals surface area contributed by atoms with Gasteiger partial charge in [-0.25, -0.2) is 0 Å². The maximum absolute atomic E-state index is 11.6. The van der Waals surface area contributed by atoms with Crippen molar-refractivity contribution in [3.8, 4) is 0 Å². The molecule has 0 aromatic rings. The highest BCUT2D eigenvalue weighted by Crippen LogP contribution is 2.22. The van der Waals surface area contributed by atoms with Crippen LogP contribution in [0.3, 0.4) is 0 Å². The molecule has 2 rings (SSSR count). The van der Waals surface area contributed by atoms with E-state index < -0.39 is 0 Å². The zero-order valence-electron chi connectivity index (χ0n) is 10.7. The van der Waals surface area contributed by atoms with E-state index in [4.69, 9.17) is 4.74 Å². The normalized spacial score (nSPS) is 28.3. The third-order valence-electron chi connectivity index (χ3n) is 3.67. The molecule has 1 amide bonds. The van der Waals surface area contributed by atoms with Gasteiger partial charge in [0.25, 0.3) is 0 Å². The topological polar surface area (TPSA) is 50.4 Å². The van der Waals surface area contributed by atoms with Crippen molar-refractivity contribution < 1.29 is 9.53 Å². The summed E-state index contributed by atoms with van der Waals surface area (Å²) in [5.41, 5.74) is 0. The van der Waals surface area contributed by atoms with Crippen molar-refractivity contribution in [2.45, 2.75) is 51.2 Å². The van der Waals surface area contributed by atoms with Gasteiger partial charge < -0.3 is 15.4 Å². The minimum absolute atomic E-state index is 0.167. The van der Waals surface area contributed by atoms with Crippen LogP contribution < -0.4 is 10.6 Å². The van der Waals surface area contributed by atoms with Crippen molar-refractivity contribution in [1.29, 1.82) is 0 Å². The van der Waals surface area contributed by atoms with Crippen LogP contribution in [0.2, 0.25) is 0 Å². The zero-order valence-corrected chi connectivity index (χ0v) is 10.7. The third-order valence-corrected chi connectivity index (χ3v) is 3.67. The Morgan fingerprint density at radius 3 is 2.88 bits per heavy atom. The van der Waals surface area contributed by atoms with E-state index in [0.29, 0.717) is 24.5 Å². The van der Waals surface area contributed by atoms with Crippen LogP contribution in [0.5, 0.6) is 0 Å². The Morgan fingerprint density at radius 1 is 1.35 bits per heavy atom. The van der Waals surface area contributed by atoms with Gasteiger partial charge in [0.1, 0.15) is 0 Å². The van der Waals surface area contributed by atoms with E-state index in [9.17, 15) is 4.79 Å². The minimum Gasteiger partial charge on any atom is -0.378 e. The van der Waals surface area contributed by atoms with E-state index in [1.54, 1.807) is 0 Å². The fraction of sp³-hybridized carbons (Fsp3) is 0.923. The van der Waals surface area contributed by atoms with Crippen molar-refractivity contribution in [3.63, 3.8) is 0 Å². The summed E-state index contributed by atoms with van der Waals surface area (Å²) in [5.74, 6) is 0.681. The van der Waals surface area contributed by atoms with Crippen LogP contribution in [0.15, 0.2) is 0 Å². The molecule has 2 aliphatic rings. The number of ether oxygens (including phenoxy) is 1. The minimum atomic E-state index is 0.167. The number of hydrogen-bond acceptors (Lipinski definition) is 3. The van der Waals surface area contributed by atoms with E-state index in [1.165, 1.54) is 12.8 Å². The van der Waals surface area contributed by atoms with Crippen LogP contribution in [-0.2, 0) is 9.53 Å². The summed E-state index contributed by atoms with van der Waals surface area (Å²) in [7, 11) is 0. The predicted molar refractivity (Wildman–Crippen MR) is 66.8 cm³/mol. The second kappa shape index (κ2) is 6.36. The Balaban J connectivity index is 1.55. The van der Waals surface area contributed by atoms with Gasteiger partial charge in [0.2, 0.25) is 5.91 Å². The van der Waals surface area contributed by atoms with Gasteiger partial charge in [-0.15, -0.1) is 0 Å². The summed E-state index contributed by atoms with van der Waals surface area (Å²) < 4.78 is 5.60. The quantitative estimate of drug-likeness (QED) is 0.699. The standard InChI is InChI=1S/C13H24N2O2/c1-2-12-10(6-8-17-12)9-15-13(16)5-7-14-11-3-4-11/h10-12,14H,2-9H2,1H3,(H,15,16). The Kier molecular flexibility index (Phi) is 4.80. The summed E-state index contributed by atoms with van der Waals surface area (Å²) in [6.45, 7) is 4.59. The molecular weight excluding hydrogens is 216 g/mol. The second-order valence-corrected chi connectivity index (χ2v) is 5.15. The summed E-state index contributed by atoms with van der Waals surface area (Å²) in [5, 5.41) is 6.37. The second-order valence-electron chi connectivity index (χ2n) is 5.15. The van der Waals surface area contributed by atoms with Crippen LogP contribution in [0.1, 0.15) is 39.0 Å². The molecule has 98 valence electrons. The molecule has 1 saturated heterocycles. The zero-order chi connectivity index (χ0) is 12.1. The molecule has 0 aromatic carbocycles. The Hall–Kier alpha value is -0.610. The van der Waals surface area contributed by atoms with E-state index in [1.807, 2.05) is 0 Å². The van der Waals surface area contributed by atoms with Gasteiger partial charge in [0.05, 0.1) is 6.10 Å². The fourth-order valence-electron chi connectivity index (χ4n) is 2.39. The van der Waals surface area contributed by atoms with Crippen molar-refractivity contribution in [1.82, 2.24) is 10.6 Å². The fourth-order valence-corrected chi connectivity index (χ4v) is 2.39. The first-order valence-corrected chi connectivity index (χ1v) is 6.91. The van der Waals surface area contributed by atoms with Gasteiger partial charge in [0.15, 0.2) is 0 Å². The molecule has 0 radical (unpaired) electrons. The molecule has 0 spiro atoms. The molecule has 2 fully saturated rings. The van der Waals surface area contributed by atoms with Gasteiger partial charge in [-0.1, -0.05) is 6.92 Å². The van der Waals surface area contributed by atoms with Crippen molar-refractivity contribution in [2.75, 3.05) is 19.7 Å². The van der Waals surface area contributed by atoms with Crippen LogP contribution in [0.4, 0.5) is 0 Å². The van der Waals surface area contributed by atoms with Gasteiger partial charge in [-0.2, -0.15) is 0 Å². The summed E-state index contributed by atoms with van der Waals surface area (Å²) in [6.07, 6.45) is 5.63. The van der Waals surface area contributed by atoms with Gasteiger partial charge in [0, 0.05) is 38.1 Å². The Morgan fingerprint density at radius 2 is 2.18 bits per heavy atom. The van der Waals surface area contributed by atoms with Gasteiger partial charge in [-0.3, -0.25) is 4.79 Å². The third kappa shape index (κ3) is 4.28. The van der Waals surface area contributed by atoms with E-state index in [2.05, 4.69) is 17.6 Å². The predicted octanol–water partition coefficient (Wildman–Crippen LogP) is 1.06. The molecule has 0 aromatic heterocycles. The lowest BCUT2D eigenvalue weighted by molar-refractivity contribution is -0.121. The highest BCUT2D eigenvalue weighted by atomic mass is 16.5. The average molecular weight is 240 g/mol. The molecule has 4 heteroatoms. The molecule has 2 unspecified atom stereocenters. The molecule has 0 bridgehead atoms. The number of carbonyl (C=O) groups is 1. The first-order chi connectivity index (χ1) is 8.29. The smallest absolute Gasteiger partial charge is 0.221 e. The molecule has 2 N–H and O–H groups in total. The first kappa shape index (κ1) is 12.8. The molecule has 1 aliphatic heterocycles. The Labute approximate surface area is 103 Å². The maximum atomic E-state index is 11.6. The van der Waals surface area contributed by atoms with Gasteiger partial charge in [-0.05, 0) is 25.7 Å². The van der Waals surface area contributed by atoms with E-state index >= 15 is 0 Å². The van der Waals surface area contributed by atoms with Crippen molar-refractivity contribution in [2.24, 2.45) is 5.92 Å². The molecule has 4 nitrogen and oxygen atoms in total. The number of amides is 1. The van der Waals surface area contributed by atoms with Crippen LogP contribution in [0.25, 0.3) is 0 Å². The average Bonchev–Trinajstić information content (AvgIpc) is 3.03. The Bertz CT molecular complexity index is 254. The number of carbonyl (C=O) groups excluding carboxylic acids is 1. The van der Waals surface area contributed by atoms with Gasteiger partial charge >= 0.3 is 0 Å². The first-order valence-electron chi connectivity index (χ1n) is 6.91. The van der Waals surface area contributed by atoms with Crippen molar-refractivity contribution >= 4 is 5.91 Å². The SMILES string of the molecule is CCC1OCCC1CNC(=O)CCNC1CC1. The molecule has 1 heterocycles. The number of nitrogens with one attached hydrogen (secondary N) is 2. The van der Waals surface area contributed by atoms with E-state index in [0.717, 1.165) is 32.5 Å². The molecule has 1 aliphatic carbocycles. The highest BCUT2D eigenvalue weighted by Gasteiger charge is 2.26. The largest absolute Gasteiger partial charge is 0.378 e. The van der Waals surface area contributed by atoms with E-state index in [-0.39, 0.29) is 5.91 Å². The molecule has 17 heavy (non-hydrogen) atoms. The lowest BCUT2D eigenvalue weighted by Gasteiger charge is -2.17. The summed E-state index contributed by atoms with van der Waals surface area (Å²) in [6, 6.07) is 0.690. The molecule has 1 saturated carbocycles. The monoisotopic (exact) mass is 240 g/mol. The van der Waals surface area contributed by atoms with Crippen LogP contribution >= 0.6 is 0 Å². The van der Waals surface area contributed by atoms with Crippen molar-refractivity contribution in [3.05, 3.63) is 0 Å². The molecular formula is C13H24N2O2. The lowest BCUT2D eigenvalue weighted by atomic mass is 10.00. The lowest BCUT2D eigenvalue weighted by Crippen LogP contribution is -2.34. The van der Waals surface area contributed by atoms with Crippen LogP contribution in [0, 0.1) is 5.92 Å². The number of rotatable bonds is 7. The maximum Gasteiger partial charge on any atom is 0.221 e. The highest BCUT2D eigenvalue weighted by molar-refractivity contribution is 5.76. The number of hydrogen-bond donors (Lipinski definition) is 2. The van der Waals surface area contributed by atoms with Crippen LogP contribution in [-0.4, -0.2) is 37.7 Å². The summed E-state index contributed by atoms with van der Waals surface area (Å²) in [4.78, 5) is 11.6.